The number of imidazole rings is 1. The second kappa shape index (κ2) is 5.62. The number of carbonyl (C=O) groups is 1. The largest absolute Gasteiger partial charge is 0.481 e. The molecule has 0 aliphatic carbocycles. The van der Waals surface area contributed by atoms with E-state index in [1.165, 1.54) is 0 Å². The van der Waals surface area contributed by atoms with Crippen LogP contribution in [0.15, 0.2) is 48.9 Å². The van der Waals surface area contributed by atoms with Gasteiger partial charge in [-0.05, 0) is 18.2 Å². The summed E-state index contributed by atoms with van der Waals surface area (Å²) in [6, 6.07) is 9.14. The van der Waals surface area contributed by atoms with Crippen LogP contribution in [-0.2, 0) is 11.2 Å². The minimum absolute atomic E-state index is 0.108. The summed E-state index contributed by atoms with van der Waals surface area (Å²) in [6.45, 7) is 0. The Bertz CT molecular complexity index is 765. The van der Waals surface area contributed by atoms with Gasteiger partial charge in [0.1, 0.15) is 5.65 Å². The fourth-order valence-corrected chi connectivity index (χ4v) is 2.10. The number of nitrogens with one attached hydrogen (secondary N) is 1. The number of fused-ring (bicyclic) bond motifs is 1. The first kappa shape index (κ1) is 13.1. The van der Waals surface area contributed by atoms with Gasteiger partial charge in [0.15, 0.2) is 0 Å². The van der Waals surface area contributed by atoms with Gasteiger partial charge in [-0.15, -0.1) is 0 Å². The first-order valence-electron chi connectivity index (χ1n) is 6.47. The molecule has 106 valence electrons. The SMILES string of the molecule is COc1ccc(NC(=O)Cc2cccc3nccn23)cn1. The van der Waals surface area contributed by atoms with Gasteiger partial charge >= 0.3 is 0 Å². The Morgan fingerprint density at radius 1 is 1.29 bits per heavy atom. The minimum atomic E-state index is -0.108. The molecule has 3 rings (SSSR count). The summed E-state index contributed by atoms with van der Waals surface area (Å²) in [5.74, 6) is 0.402. The molecule has 0 spiro atoms. The molecule has 0 bridgehead atoms. The number of hydrogen-bond acceptors (Lipinski definition) is 4. The first-order valence-corrected chi connectivity index (χ1v) is 6.47. The predicted octanol–water partition coefficient (Wildman–Crippen LogP) is 1.92. The third-order valence-corrected chi connectivity index (χ3v) is 3.08. The van der Waals surface area contributed by atoms with Crippen molar-refractivity contribution in [2.75, 3.05) is 12.4 Å². The number of amides is 1. The molecular weight excluding hydrogens is 268 g/mol. The molecule has 0 saturated heterocycles. The van der Waals surface area contributed by atoms with Gasteiger partial charge in [0.05, 0.1) is 25.4 Å². The van der Waals surface area contributed by atoms with Crippen LogP contribution in [0.4, 0.5) is 5.69 Å². The van der Waals surface area contributed by atoms with E-state index in [0.717, 1.165) is 11.3 Å². The van der Waals surface area contributed by atoms with Gasteiger partial charge < -0.3 is 14.5 Å². The standard InChI is InChI=1S/C15H14N4O2/c1-21-15-6-5-11(10-17-15)18-14(20)9-12-3-2-4-13-16-7-8-19(12)13/h2-8,10H,9H2,1H3,(H,18,20). The first-order chi connectivity index (χ1) is 10.3. The van der Waals surface area contributed by atoms with Gasteiger partial charge in [0.2, 0.25) is 11.8 Å². The molecule has 0 aliphatic rings. The van der Waals surface area contributed by atoms with Crippen LogP contribution in [0.1, 0.15) is 5.69 Å². The molecule has 3 aromatic heterocycles. The van der Waals surface area contributed by atoms with Gasteiger partial charge in [-0.2, -0.15) is 0 Å². The molecule has 0 aromatic carbocycles. The second-order valence-corrected chi connectivity index (χ2v) is 4.49. The van der Waals surface area contributed by atoms with Crippen molar-refractivity contribution >= 4 is 17.2 Å². The smallest absolute Gasteiger partial charge is 0.230 e. The van der Waals surface area contributed by atoms with E-state index in [1.54, 1.807) is 31.6 Å². The van der Waals surface area contributed by atoms with Crippen molar-refractivity contribution in [3.8, 4) is 5.88 Å². The molecule has 0 saturated carbocycles. The average Bonchev–Trinajstić information content (AvgIpc) is 2.97. The highest BCUT2D eigenvalue weighted by Gasteiger charge is 2.08. The minimum Gasteiger partial charge on any atom is -0.481 e. The summed E-state index contributed by atoms with van der Waals surface area (Å²) in [5, 5.41) is 2.81. The Morgan fingerprint density at radius 2 is 2.19 bits per heavy atom. The topological polar surface area (TPSA) is 68.5 Å². The van der Waals surface area contributed by atoms with Crippen molar-refractivity contribution in [1.82, 2.24) is 14.4 Å². The number of aromatic nitrogens is 3. The van der Waals surface area contributed by atoms with E-state index in [0.29, 0.717) is 11.6 Å². The third kappa shape index (κ3) is 2.84. The zero-order valence-electron chi connectivity index (χ0n) is 11.5. The van der Waals surface area contributed by atoms with E-state index < -0.39 is 0 Å². The number of rotatable bonds is 4. The molecule has 3 aromatic rings. The van der Waals surface area contributed by atoms with Crippen molar-refractivity contribution < 1.29 is 9.53 Å². The molecule has 1 amide bonds. The lowest BCUT2D eigenvalue weighted by Crippen LogP contribution is -2.16. The van der Waals surface area contributed by atoms with Crippen LogP contribution < -0.4 is 10.1 Å². The molecule has 0 fully saturated rings. The summed E-state index contributed by atoms with van der Waals surface area (Å²) >= 11 is 0. The van der Waals surface area contributed by atoms with Crippen molar-refractivity contribution in [2.24, 2.45) is 0 Å². The van der Waals surface area contributed by atoms with E-state index in [9.17, 15) is 4.79 Å². The van der Waals surface area contributed by atoms with Gasteiger partial charge in [0.25, 0.3) is 0 Å². The van der Waals surface area contributed by atoms with Crippen LogP contribution in [0.3, 0.4) is 0 Å². The third-order valence-electron chi connectivity index (χ3n) is 3.08. The lowest BCUT2D eigenvalue weighted by atomic mass is 10.2. The number of pyridine rings is 2. The zero-order valence-corrected chi connectivity index (χ0v) is 11.5. The van der Waals surface area contributed by atoms with Gasteiger partial charge in [-0.3, -0.25) is 4.79 Å². The summed E-state index contributed by atoms with van der Waals surface area (Å²) < 4.78 is 6.87. The summed E-state index contributed by atoms with van der Waals surface area (Å²) in [5.41, 5.74) is 2.34. The van der Waals surface area contributed by atoms with Crippen LogP contribution in [0.2, 0.25) is 0 Å². The lowest BCUT2D eigenvalue weighted by molar-refractivity contribution is -0.115. The van der Waals surface area contributed by atoms with E-state index in [-0.39, 0.29) is 12.3 Å². The van der Waals surface area contributed by atoms with Crippen LogP contribution in [0.25, 0.3) is 5.65 Å². The Kier molecular flexibility index (Phi) is 3.51. The Hall–Kier alpha value is -2.89. The van der Waals surface area contributed by atoms with E-state index in [2.05, 4.69) is 15.3 Å². The van der Waals surface area contributed by atoms with Crippen molar-refractivity contribution in [1.29, 1.82) is 0 Å². The molecule has 0 atom stereocenters. The Morgan fingerprint density at radius 3 is 2.95 bits per heavy atom. The summed E-state index contributed by atoms with van der Waals surface area (Å²) in [4.78, 5) is 20.3. The molecule has 6 nitrogen and oxygen atoms in total. The summed E-state index contributed by atoms with van der Waals surface area (Å²) in [7, 11) is 1.55. The quantitative estimate of drug-likeness (QED) is 0.793. The fourth-order valence-electron chi connectivity index (χ4n) is 2.10. The maximum Gasteiger partial charge on any atom is 0.230 e. The normalized spacial score (nSPS) is 10.5. The number of hydrogen-bond donors (Lipinski definition) is 1. The van der Waals surface area contributed by atoms with E-state index in [4.69, 9.17) is 4.74 Å². The zero-order chi connectivity index (χ0) is 14.7. The summed E-state index contributed by atoms with van der Waals surface area (Å²) in [6.07, 6.45) is 5.38. The molecule has 0 radical (unpaired) electrons. The van der Waals surface area contributed by atoms with Crippen molar-refractivity contribution in [3.05, 3.63) is 54.6 Å². The highest BCUT2D eigenvalue weighted by atomic mass is 16.5. The molecule has 3 heterocycles. The van der Waals surface area contributed by atoms with E-state index in [1.807, 2.05) is 28.8 Å². The molecule has 0 unspecified atom stereocenters. The van der Waals surface area contributed by atoms with E-state index >= 15 is 0 Å². The molecule has 1 N–H and O–H groups in total. The molecular formula is C15H14N4O2. The highest BCUT2D eigenvalue weighted by Crippen LogP contribution is 2.12. The Labute approximate surface area is 121 Å². The molecule has 6 heteroatoms. The maximum atomic E-state index is 12.1. The van der Waals surface area contributed by atoms with Crippen molar-refractivity contribution in [3.63, 3.8) is 0 Å². The maximum absolute atomic E-state index is 12.1. The number of nitrogens with zero attached hydrogens (tertiary/aromatic N) is 3. The molecule has 0 aliphatic heterocycles. The van der Waals surface area contributed by atoms with Crippen LogP contribution in [0.5, 0.6) is 5.88 Å². The van der Waals surface area contributed by atoms with Crippen LogP contribution in [0, 0.1) is 0 Å². The van der Waals surface area contributed by atoms with Gasteiger partial charge in [0, 0.05) is 24.2 Å². The fraction of sp³-hybridized carbons (Fsp3) is 0.133. The lowest BCUT2D eigenvalue weighted by Gasteiger charge is -2.07. The number of ether oxygens (including phenoxy) is 1. The monoisotopic (exact) mass is 282 g/mol. The van der Waals surface area contributed by atoms with Gasteiger partial charge in [-0.1, -0.05) is 6.07 Å². The predicted molar refractivity (Wildman–Crippen MR) is 78.3 cm³/mol. The average molecular weight is 282 g/mol. The van der Waals surface area contributed by atoms with Crippen LogP contribution >= 0.6 is 0 Å². The van der Waals surface area contributed by atoms with Crippen LogP contribution in [-0.4, -0.2) is 27.4 Å². The number of anilines is 1. The second-order valence-electron chi connectivity index (χ2n) is 4.49. The molecule has 21 heavy (non-hydrogen) atoms. The number of methoxy groups -OCH3 is 1. The van der Waals surface area contributed by atoms with Gasteiger partial charge in [-0.25, -0.2) is 9.97 Å². The Balaban J connectivity index is 1.72. The number of carbonyl (C=O) groups excluding carboxylic acids is 1. The highest BCUT2D eigenvalue weighted by molar-refractivity contribution is 5.92. The van der Waals surface area contributed by atoms with Crippen molar-refractivity contribution in [2.45, 2.75) is 6.42 Å².